The Balaban J connectivity index is 2.87. The maximum atomic E-state index is 12.1. The molecular weight excluding hydrogens is 350 g/mol. The van der Waals surface area contributed by atoms with Gasteiger partial charge in [-0.25, -0.2) is 13.2 Å². The van der Waals surface area contributed by atoms with E-state index in [0.29, 0.717) is 26.2 Å². The van der Waals surface area contributed by atoms with Gasteiger partial charge in [0, 0.05) is 32.4 Å². The molecule has 0 aromatic rings. The quantitative estimate of drug-likeness (QED) is 0.522. The first-order chi connectivity index (χ1) is 11.2. The van der Waals surface area contributed by atoms with Gasteiger partial charge in [0.15, 0.2) is 9.84 Å². The van der Waals surface area contributed by atoms with E-state index in [1.54, 1.807) is 25.7 Å². The molecule has 1 aliphatic rings. The molecule has 0 saturated carbocycles. The molecule has 25 heavy (non-hydrogen) atoms. The molecule has 9 nitrogen and oxygen atoms in total. The van der Waals surface area contributed by atoms with Crippen LogP contribution in [0.25, 0.3) is 0 Å². The van der Waals surface area contributed by atoms with Crippen molar-refractivity contribution in [3.63, 3.8) is 0 Å². The van der Waals surface area contributed by atoms with Crippen molar-refractivity contribution in [1.82, 2.24) is 9.80 Å². The monoisotopic (exact) mass is 377 g/mol. The molecule has 1 aliphatic heterocycles. The van der Waals surface area contributed by atoms with Crippen molar-refractivity contribution in [2.75, 3.05) is 32.4 Å². The lowest BCUT2D eigenvalue weighted by molar-refractivity contribution is -0.432. The second kappa shape index (κ2) is 7.69. The lowest BCUT2D eigenvalue weighted by Gasteiger charge is -2.39. The standard InChI is InChI=1S/C15H27N3O6S/c1-11(18(20)21)13(12(2)25(6,22)23)16-7-9-17(10-8-16)14(19)24-15(3,4)5/h12-13H,1,7-10H2,2-6H3/t12-,13?/m1/s1. The zero-order valence-electron chi connectivity index (χ0n) is 15.4. The van der Waals surface area contributed by atoms with Crippen LogP contribution in [0.5, 0.6) is 0 Å². The summed E-state index contributed by atoms with van der Waals surface area (Å²) in [4.78, 5) is 25.8. The number of ether oxygens (including phenoxy) is 1. The van der Waals surface area contributed by atoms with Crippen LogP contribution in [0.15, 0.2) is 12.3 Å². The molecule has 0 radical (unpaired) electrons. The summed E-state index contributed by atoms with van der Waals surface area (Å²) in [5.41, 5.74) is -0.967. The minimum absolute atomic E-state index is 0.299. The molecule has 0 N–H and O–H groups in total. The van der Waals surface area contributed by atoms with Gasteiger partial charge < -0.3 is 9.64 Å². The van der Waals surface area contributed by atoms with Crippen LogP contribution in [-0.2, 0) is 14.6 Å². The van der Waals surface area contributed by atoms with Crippen LogP contribution in [0.1, 0.15) is 27.7 Å². The summed E-state index contributed by atoms with van der Waals surface area (Å²) < 4.78 is 29.1. The predicted molar refractivity (Wildman–Crippen MR) is 93.6 cm³/mol. The number of rotatable bonds is 5. The summed E-state index contributed by atoms with van der Waals surface area (Å²) in [5.74, 6) is 0. The highest BCUT2D eigenvalue weighted by molar-refractivity contribution is 7.91. The summed E-state index contributed by atoms with van der Waals surface area (Å²) in [6, 6.07) is -0.939. The van der Waals surface area contributed by atoms with E-state index in [0.717, 1.165) is 6.26 Å². The van der Waals surface area contributed by atoms with E-state index in [9.17, 15) is 23.3 Å². The minimum Gasteiger partial charge on any atom is -0.444 e. The summed E-state index contributed by atoms with van der Waals surface area (Å²) in [7, 11) is -3.50. The molecule has 1 rings (SSSR count). The maximum Gasteiger partial charge on any atom is 0.410 e. The van der Waals surface area contributed by atoms with E-state index >= 15 is 0 Å². The number of carbonyl (C=O) groups is 1. The van der Waals surface area contributed by atoms with Crippen LogP contribution in [-0.4, -0.2) is 78.6 Å². The summed E-state index contributed by atoms with van der Waals surface area (Å²) in [6.45, 7) is 11.4. The fraction of sp³-hybridized carbons (Fsp3) is 0.800. The lowest BCUT2D eigenvalue weighted by Crippen LogP contribution is -2.57. The Morgan fingerprint density at radius 3 is 2.08 bits per heavy atom. The third-order valence-corrected chi connectivity index (χ3v) is 5.66. The average Bonchev–Trinajstić information content (AvgIpc) is 2.45. The summed E-state index contributed by atoms with van der Waals surface area (Å²) in [5, 5.41) is 10.2. The molecule has 1 unspecified atom stereocenters. The molecule has 10 heteroatoms. The third kappa shape index (κ3) is 5.96. The molecule has 0 aliphatic carbocycles. The van der Waals surface area contributed by atoms with Gasteiger partial charge in [-0.3, -0.25) is 15.0 Å². The van der Waals surface area contributed by atoms with E-state index in [-0.39, 0.29) is 5.70 Å². The van der Waals surface area contributed by atoms with Crippen molar-refractivity contribution in [3.05, 3.63) is 22.4 Å². The number of sulfone groups is 1. The third-order valence-electron chi connectivity index (χ3n) is 4.06. The van der Waals surface area contributed by atoms with Gasteiger partial charge in [-0.2, -0.15) is 0 Å². The normalized spacial score (nSPS) is 19.2. The van der Waals surface area contributed by atoms with Crippen molar-refractivity contribution < 1.29 is 22.9 Å². The Labute approximate surface area is 148 Å². The highest BCUT2D eigenvalue weighted by Gasteiger charge is 2.40. The molecular formula is C15H27N3O6S. The van der Waals surface area contributed by atoms with Gasteiger partial charge in [0.05, 0.1) is 10.2 Å². The number of piperazine rings is 1. The predicted octanol–water partition coefficient (Wildman–Crippen LogP) is 1.13. The second-order valence-electron chi connectivity index (χ2n) is 7.23. The highest BCUT2D eigenvalue weighted by Crippen LogP contribution is 2.21. The number of hydrogen-bond donors (Lipinski definition) is 0. The van der Waals surface area contributed by atoms with Crippen LogP contribution < -0.4 is 0 Å². The van der Waals surface area contributed by atoms with Gasteiger partial charge in [0.1, 0.15) is 11.6 Å². The van der Waals surface area contributed by atoms with Crippen LogP contribution in [0.2, 0.25) is 0 Å². The maximum absolute atomic E-state index is 12.1. The molecule has 0 spiro atoms. The molecule has 144 valence electrons. The zero-order chi connectivity index (χ0) is 19.6. The Kier molecular flexibility index (Phi) is 6.57. The first-order valence-electron chi connectivity index (χ1n) is 7.98. The SMILES string of the molecule is C=C(C([C@@H](C)S(C)(=O)=O)N1CCN(C(=O)OC(C)(C)C)CC1)[N+](=O)[O-]. The van der Waals surface area contributed by atoms with Crippen LogP contribution in [0.3, 0.4) is 0 Å². The van der Waals surface area contributed by atoms with Gasteiger partial charge in [-0.05, 0) is 34.3 Å². The first kappa shape index (κ1) is 21.4. The van der Waals surface area contributed by atoms with E-state index < -0.39 is 37.7 Å². The van der Waals surface area contributed by atoms with Crippen molar-refractivity contribution in [1.29, 1.82) is 0 Å². The molecule has 0 bridgehead atoms. The van der Waals surface area contributed by atoms with Gasteiger partial charge in [-0.15, -0.1) is 0 Å². The molecule has 0 aromatic heterocycles. The van der Waals surface area contributed by atoms with Crippen molar-refractivity contribution in [2.45, 2.75) is 44.6 Å². The van der Waals surface area contributed by atoms with E-state index in [2.05, 4.69) is 6.58 Å². The number of carbonyl (C=O) groups excluding carboxylic acids is 1. The Morgan fingerprint density at radius 1 is 1.24 bits per heavy atom. The van der Waals surface area contributed by atoms with Crippen LogP contribution in [0, 0.1) is 10.1 Å². The fourth-order valence-corrected chi connectivity index (χ4v) is 3.43. The summed E-state index contributed by atoms with van der Waals surface area (Å²) >= 11 is 0. The molecule has 1 fully saturated rings. The topological polar surface area (TPSA) is 110 Å². The average molecular weight is 377 g/mol. The van der Waals surface area contributed by atoms with Gasteiger partial charge >= 0.3 is 6.09 Å². The molecule has 2 atom stereocenters. The van der Waals surface area contributed by atoms with E-state index in [1.807, 2.05) is 0 Å². The molecule has 1 heterocycles. The Hall–Kier alpha value is -1.68. The van der Waals surface area contributed by atoms with Gasteiger partial charge in [-0.1, -0.05) is 0 Å². The van der Waals surface area contributed by atoms with Crippen molar-refractivity contribution >= 4 is 15.9 Å². The number of amides is 1. The van der Waals surface area contributed by atoms with Gasteiger partial charge in [0.25, 0.3) is 5.70 Å². The first-order valence-corrected chi connectivity index (χ1v) is 9.93. The van der Waals surface area contributed by atoms with Crippen LogP contribution >= 0.6 is 0 Å². The van der Waals surface area contributed by atoms with Gasteiger partial charge in [0.2, 0.25) is 0 Å². The number of nitrogens with zero attached hydrogens (tertiary/aromatic N) is 3. The zero-order valence-corrected chi connectivity index (χ0v) is 16.2. The van der Waals surface area contributed by atoms with E-state index in [1.165, 1.54) is 11.8 Å². The lowest BCUT2D eigenvalue weighted by atomic mass is 10.1. The Bertz CT molecular complexity index is 632. The van der Waals surface area contributed by atoms with Crippen LogP contribution in [0.4, 0.5) is 4.79 Å². The molecule has 1 saturated heterocycles. The number of nitro groups is 1. The fourth-order valence-electron chi connectivity index (χ4n) is 2.63. The largest absolute Gasteiger partial charge is 0.444 e. The second-order valence-corrected chi connectivity index (χ2v) is 9.63. The summed E-state index contributed by atoms with van der Waals surface area (Å²) in [6.07, 6.45) is 0.599. The highest BCUT2D eigenvalue weighted by atomic mass is 32.2. The van der Waals surface area contributed by atoms with Crippen molar-refractivity contribution in [2.24, 2.45) is 0 Å². The molecule has 1 amide bonds. The number of hydrogen-bond acceptors (Lipinski definition) is 7. The Morgan fingerprint density at radius 2 is 1.72 bits per heavy atom. The van der Waals surface area contributed by atoms with E-state index in [4.69, 9.17) is 4.74 Å². The smallest absolute Gasteiger partial charge is 0.410 e. The van der Waals surface area contributed by atoms with Crippen molar-refractivity contribution in [3.8, 4) is 0 Å². The molecule has 0 aromatic carbocycles. The minimum atomic E-state index is -3.50.